The summed E-state index contributed by atoms with van der Waals surface area (Å²) in [6, 6.07) is 27.6. The Bertz CT molecular complexity index is 983. The Morgan fingerprint density at radius 1 is 0.815 bits per heavy atom. The first-order chi connectivity index (χ1) is 13.3. The van der Waals surface area contributed by atoms with E-state index in [9.17, 15) is 0 Å². The zero-order valence-electron chi connectivity index (χ0n) is 14.9. The number of ether oxygens (including phenoxy) is 1. The van der Waals surface area contributed by atoms with Gasteiger partial charge in [0.2, 0.25) is 0 Å². The number of halogens is 1. The third-order valence-corrected chi connectivity index (χ3v) is 5.62. The summed E-state index contributed by atoms with van der Waals surface area (Å²) in [6.45, 7) is 0. The Morgan fingerprint density at radius 3 is 2.19 bits per heavy atom. The molecule has 0 N–H and O–H groups in total. The molecule has 1 saturated heterocycles. The van der Waals surface area contributed by atoms with Gasteiger partial charge in [-0.2, -0.15) is 0 Å². The maximum atomic E-state index is 6.08. The van der Waals surface area contributed by atoms with Crippen LogP contribution >= 0.6 is 11.6 Å². The molecule has 3 aromatic rings. The van der Waals surface area contributed by atoms with Gasteiger partial charge in [-0.3, -0.25) is 9.89 Å². The minimum absolute atomic E-state index is 0.0248. The molecular formula is C23H19ClN2O. The van der Waals surface area contributed by atoms with Crippen molar-refractivity contribution in [3.63, 3.8) is 0 Å². The molecule has 4 heteroatoms. The van der Waals surface area contributed by atoms with Gasteiger partial charge in [0.1, 0.15) is 11.9 Å². The molecule has 2 aliphatic rings. The summed E-state index contributed by atoms with van der Waals surface area (Å²) >= 11 is 6.08. The lowest BCUT2D eigenvalue weighted by Gasteiger charge is -2.15. The van der Waals surface area contributed by atoms with Gasteiger partial charge in [0, 0.05) is 5.02 Å². The van der Waals surface area contributed by atoms with E-state index < -0.39 is 0 Å². The summed E-state index contributed by atoms with van der Waals surface area (Å²) in [7, 11) is 1.69. The minimum atomic E-state index is 0.0248. The van der Waals surface area contributed by atoms with Crippen LogP contribution in [0.3, 0.4) is 0 Å². The van der Waals surface area contributed by atoms with Crippen LogP contribution < -0.4 is 4.74 Å². The van der Waals surface area contributed by atoms with Gasteiger partial charge in [0.15, 0.2) is 0 Å². The largest absolute Gasteiger partial charge is 0.497 e. The highest BCUT2D eigenvalue weighted by Crippen LogP contribution is 2.55. The normalized spacial score (nSPS) is 25.6. The van der Waals surface area contributed by atoms with Crippen LogP contribution in [-0.4, -0.2) is 23.8 Å². The van der Waals surface area contributed by atoms with Crippen LogP contribution in [0.25, 0.3) is 0 Å². The third kappa shape index (κ3) is 2.84. The highest BCUT2D eigenvalue weighted by molar-refractivity contribution is 6.30. The van der Waals surface area contributed by atoms with E-state index in [0.717, 1.165) is 22.0 Å². The first kappa shape index (κ1) is 16.5. The van der Waals surface area contributed by atoms with Gasteiger partial charge >= 0.3 is 0 Å². The van der Waals surface area contributed by atoms with Crippen LogP contribution in [0.4, 0.5) is 0 Å². The van der Waals surface area contributed by atoms with Gasteiger partial charge in [-0.1, -0.05) is 66.2 Å². The van der Waals surface area contributed by atoms with Crippen LogP contribution in [0.1, 0.15) is 28.9 Å². The quantitative estimate of drug-likeness (QED) is 0.580. The fourth-order valence-corrected chi connectivity index (χ4v) is 4.14. The molecule has 0 radical (unpaired) electrons. The average Bonchev–Trinajstić information content (AvgIpc) is 3.34. The molecule has 2 aliphatic heterocycles. The minimum Gasteiger partial charge on any atom is -0.497 e. The lowest BCUT2D eigenvalue weighted by molar-refractivity contribution is 0.400. The van der Waals surface area contributed by atoms with Gasteiger partial charge in [-0.25, -0.2) is 0 Å². The van der Waals surface area contributed by atoms with Crippen molar-refractivity contribution in [3.05, 3.63) is 101 Å². The van der Waals surface area contributed by atoms with E-state index in [-0.39, 0.29) is 6.17 Å². The molecule has 4 atom stereocenters. The summed E-state index contributed by atoms with van der Waals surface area (Å²) < 4.78 is 5.30. The van der Waals surface area contributed by atoms with E-state index in [1.54, 1.807) is 7.11 Å². The Morgan fingerprint density at radius 2 is 1.52 bits per heavy atom. The Hall–Kier alpha value is -2.62. The molecule has 0 aromatic heterocycles. The first-order valence-electron chi connectivity index (χ1n) is 9.06. The highest BCUT2D eigenvalue weighted by atomic mass is 35.5. The molecule has 3 aromatic carbocycles. The van der Waals surface area contributed by atoms with E-state index in [0.29, 0.717) is 12.1 Å². The van der Waals surface area contributed by atoms with Crippen molar-refractivity contribution < 1.29 is 4.74 Å². The molecule has 0 spiro atoms. The van der Waals surface area contributed by atoms with Crippen LogP contribution in [0.15, 0.2) is 83.9 Å². The fourth-order valence-electron chi connectivity index (χ4n) is 4.01. The van der Waals surface area contributed by atoms with Crippen molar-refractivity contribution in [1.82, 2.24) is 4.90 Å². The number of methoxy groups -OCH3 is 1. The number of nitrogens with zero attached hydrogens (tertiary/aromatic N) is 2. The fraction of sp³-hybridized carbons (Fsp3) is 0.174. The second-order valence-electron chi connectivity index (χ2n) is 6.92. The summed E-state index contributed by atoms with van der Waals surface area (Å²) in [5.74, 6) is 0.862. The lowest BCUT2D eigenvalue weighted by Crippen LogP contribution is -2.08. The Kier molecular flexibility index (Phi) is 4.00. The van der Waals surface area contributed by atoms with Crippen molar-refractivity contribution >= 4 is 17.3 Å². The molecule has 134 valence electrons. The van der Waals surface area contributed by atoms with E-state index >= 15 is 0 Å². The number of fused-ring (bicyclic) bond motifs is 1. The average molecular weight is 375 g/mol. The monoisotopic (exact) mass is 374 g/mol. The molecule has 0 bridgehead atoms. The molecule has 5 rings (SSSR count). The van der Waals surface area contributed by atoms with Crippen molar-refractivity contribution in [2.45, 2.75) is 18.2 Å². The number of hydrogen-bond donors (Lipinski definition) is 0. The van der Waals surface area contributed by atoms with Crippen molar-refractivity contribution in [2.75, 3.05) is 7.11 Å². The number of benzene rings is 3. The van der Waals surface area contributed by atoms with Crippen LogP contribution in [0.5, 0.6) is 5.75 Å². The molecular weight excluding hydrogens is 356 g/mol. The third-order valence-electron chi connectivity index (χ3n) is 5.37. The molecule has 0 saturated carbocycles. The van der Waals surface area contributed by atoms with E-state index in [1.165, 1.54) is 11.1 Å². The molecule has 1 unspecified atom stereocenters. The van der Waals surface area contributed by atoms with Gasteiger partial charge in [-0.05, 0) is 41.0 Å². The highest BCUT2D eigenvalue weighted by Gasteiger charge is 2.59. The predicted molar refractivity (Wildman–Crippen MR) is 109 cm³/mol. The number of aliphatic imine (C=N–C) groups is 1. The van der Waals surface area contributed by atoms with Crippen LogP contribution in [0, 0.1) is 0 Å². The summed E-state index contributed by atoms with van der Waals surface area (Å²) in [6.07, 6.45) is 0.0248. The van der Waals surface area contributed by atoms with E-state index in [1.807, 2.05) is 24.3 Å². The smallest absolute Gasteiger partial charge is 0.129 e. The predicted octanol–water partition coefficient (Wildman–Crippen LogP) is 5.28. The van der Waals surface area contributed by atoms with Crippen LogP contribution in [-0.2, 0) is 0 Å². The maximum Gasteiger partial charge on any atom is 0.129 e. The molecule has 0 aliphatic carbocycles. The topological polar surface area (TPSA) is 24.6 Å². The van der Waals surface area contributed by atoms with Crippen molar-refractivity contribution in [2.24, 2.45) is 4.99 Å². The van der Waals surface area contributed by atoms with Gasteiger partial charge in [0.25, 0.3) is 0 Å². The molecule has 0 amide bonds. The molecule has 2 heterocycles. The Balaban J connectivity index is 1.54. The lowest BCUT2D eigenvalue weighted by atomic mass is 10.0. The van der Waals surface area contributed by atoms with E-state index in [2.05, 4.69) is 59.5 Å². The van der Waals surface area contributed by atoms with Gasteiger partial charge in [0.05, 0.1) is 24.9 Å². The first-order valence-corrected chi connectivity index (χ1v) is 9.44. The summed E-state index contributed by atoms with van der Waals surface area (Å²) in [5.41, 5.74) is 4.80. The molecule has 1 fully saturated rings. The van der Waals surface area contributed by atoms with E-state index in [4.69, 9.17) is 21.3 Å². The SMILES string of the molecule is COc1ccc([C@@H]2N=C(c3ccc(Cl)cc3)[C@H]3[C@H](c4ccccc4)N23)cc1. The Labute approximate surface area is 163 Å². The number of hydrogen-bond acceptors (Lipinski definition) is 3. The van der Waals surface area contributed by atoms with Crippen molar-refractivity contribution in [3.8, 4) is 5.75 Å². The standard InChI is InChI=1S/C23H19ClN2O/c1-27-19-13-9-17(10-14-19)23-25-20(15-7-11-18(24)12-8-15)22-21(26(22)23)16-5-3-2-4-6-16/h2-14,21-23H,1H3/t21-,22-,23+,26?/m0/s1. The zero-order chi connectivity index (χ0) is 18.4. The maximum absolute atomic E-state index is 6.08. The van der Waals surface area contributed by atoms with Crippen LogP contribution in [0.2, 0.25) is 5.02 Å². The molecule has 27 heavy (non-hydrogen) atoms. The number of rotatable bonds is 4. The van der Waals surface area contributed by atoms with Gasteiger partial charge in [-0.15, -0.1) is 0 Å². The zero-order valence-corrected chi connectivity index (χ0v) is 15.7. The second kappa shape index (κ2) is 6.52. The summed E-state index contributed by atoms with van der Waals surface area (Å²) in [5, 5.41) is 0.747. The van der Waals surface area contributed by atoms with Gasteiger partial charge < -0.3 is 4.74 Å². The molecule has 3 nitrogen and oxygen atoms in total. The van der Waals surface area contributed by atoms with Crippen molar-refractivity contribution in [1.29, 1.82) is 0 Å². The summed E-state index contributed by atoms with van der Waals surface area (Å²) in [4.78, 5) is 7.55. The second-order valence-corrected chi connectivity index (χ2v) is 7.35.